The van der Waals surface area contributed by atoms with Crippen LogP contribution in [0.25, 0.3) is 0 Å². The Bertz CT molecular complexity index is 362. The van der Waals surface area contributed by atoms with Crippen molar-refractivity contribution in [2.24, 2.45) is 0 Å². The molecule has 16 heavy (non-hydrogen) atoms. The van der Waals surface area contributed by atoms with Gasteiger partial charge >= 0.3 is 0 Å². The van der Waals surface area contributed by atoms with E-state index in [1.807, 2.05) is 0 Å². The third-order valence-corrected chi connectivity index (χ3v) is 2.91. The van der Waals surface area contributed by atoms with E-state index in [2.05, 4.69) is 10.2 Å². The molecule has 0 bridgehead atoms. The summed E-state index contributed by atoms with van der Waals surface area (Å²) in [6.07, 6.45) is -0.761. The van der Waals surface area contributed by atoms with Crippen LogP contribution in [-0.4, -0.2) is 31.3 Å². The maximum atomic E-state index is 13.4. The first kappa shape index (κ1) is 11.4. The molecule has 2 rings (SSSR count). The summed E-state index contributed by atoms with van der Waals surface area (Å²) < 4.78 is 13.4. The van der Waals surface area contributed by atoms with Crippen LogP contribution < -0.4 is 10.2 Å². The third kappa shape index (κ3) is 2.33. The molecule has 0 unspecified atom stereocenters. The molecule has 88 valence electrons. The molecule has 2 N–H and O–H groups in total. The molecule has 4 heteroatoms. The predicted octanol–water partition coefficient (Wildman–Crippen LogP) is 1.29. The van der Waals surface area contributed by atoms with E-state index < -0.39 is 6.10 Å². The third-order valence-electron chi connectivity index (χ3n) is 2.91. The minimum absolute atomic E-state index is 0.339. The van der Waals surface area contributed by atoms with Crippen LogP contribution in [0.2, 0.25) is 0 Å². The molecule has 3 nitrogen and oxygen atoms in total. The largest absolute Gasteiger partial charge is 0.389 e. The summed E-state index contributed by atoms with van der Waals surface area (Å²) in [6.45, 7) is 5.32. The van der Waals surface area contributed by atoms with Gasteiger partial charge in [-0.15, -0.1) is 0 Å². The van der Waals surface area contributed by atoms with Crippen LogP contribution in [-0.2, 0) is 0 Å². The number of hydrogen-bond acceptors (Lipinski definition) is 3. The van der Waals surface area contributed by atoms with Gasteiger partial charge in [-0.2, -0.15) is 0 Å². The molecule has 0 radical (unpaired) electrons. The quantitative estimate of drug-likeness (QED) is 0.794. The lowest BCUT2D eigenvalue weighted by Gasteiger charge is -2.30. The maximum Gasteiger partial charge on any atom is 0.129 e. The van der Waals surface area contributed by atoms with Crippen LogP contribution in [0.3, 0.4) is 0 Å². The van der Waals surface area contributed by atoms with Gasteiger partial charge in [0.05, 0.1) is 6.10 Å². The molecule has 1 aliphatic rings. The summed E-state index contributed by atoms with van der Waals surface area (Å²) in [7, 11) is 0. The number of aliphatic hydroxyl groups is 1. The maximum absolute atomic E-state index is 13.4. The highest BCUT2D eigenvalue weighted by atomic mass is 19.1. The lowest BCUT2D eigenvalue weighted by Crippen LogP contribution is -2.43. The van der Waals surface area contributed by atoms with Gasteiger partial charge in [-0.3, -0.25) is 0 Å². The number of rotatable bonds is 2. The van der Waals surface area contributed by atoms with E-state index in [9.17, 15) is 9.50 Å². The smallest absolute Gasteiger partial charge is 0.129 e. The summed E-state index contributed by atoms with van der Waals surface area (Å²) >= 11 is 0. The number of anilines is 1. The monoisotopic (exact) mass is 224 g/mol. The van der Waals surface area contributed by atoms with Crippen LogP contribution in [0.1, 0.15) is 18.6 Å². The first-order valence-corrected chi connectivity index (χ1v) is 5.61. The van der Waals surface area contributed by atoms with E-state index in [0.29, 0.717) is 5.56 Å². The Morgan fingerprint density at radius 1 is 1.38 bits per heavy atom. The first-order valence-electron chi connectivity index (χ1n) is 5.61. The van der Waals surface area contributed by atoms with Crippen molar-refractivity contribution in [1.82, 2.24) is 5.32 Å². The van der Waals surface area contributed by atoms with Gasteiger partial charge in [0.2, 0.25) is 0 Å². The number of aliphatic hydroxyl groups excluding tert-OH is 1. The Morgan fingerprint density at radius 3 is 2.69 bits per heavy atom. The van der Waals surface area contributed by atoms with Gasteiger partial charge in [-0.05, 0) is 25.1 Å². The average molecular weight is 224 g/mol. The SMILES string of the molecule is C[C@H](O)c1cc(N2CCNCC2)ccc1F. The van der Waals surface area contributed by atoms with Crippen molar-refractivity contribution in [3.8, 4) is 0 Å². The standard InChI is InChI=1S/C12H17FN2O/c1-9(16)11-8-10(2-3-12(11)13)15-6-4-14-5-7-15/h2-3,8-9,14,16H,4-7H2,1H3/t9-/m0/s1. The lowest BCUT2D eigenvalue weighted by atomic mass is 10.1. The second-order valence-corrected chi connectivity index (χ2v) is 4.12. The molecular formula is C12H17FN2O. The van der Waals surface area contributed by atoms with Gasteiger partial charge < -0.3 is 15.3 Å². The molecule has 0 saturated carbocycles. The Hall–Kier alpha value is -1.13. The van der Waals surface area contributed by atoms with Crippen molar-refractivity contribution in [3.05, 3.63) is 29.6 Å². The van der Waals surface area contributed by atoms with E-state index in [1.54, 1.807) is 19.1 Å². The topological polar surface area (TPSA) is 35.5 Å². The van der Waals surface area contributed by atoms with Gasteiger partial charge in [0, 0.05) is 37.4 Å². The van der Waals surface area contributed by atoms with Crippen molar-refractivity contribution in [2.75, 3.05) is 31.1 Å². The molecule has 1 heterocycles. The molecular weight excluding hydrogens is 207 g/mol. The van der Waals surface area contributed by atoms with Gasteiger partial charge in [-0.25, -0.2) is 4.39 Å². The fraction of sp³-hybridized carbons (Fsp3) is 0.500. The average Bonchev–Trinajstić information content (AvgIpc) is 2.30. The van der Waals surface area contributed by atoms with E-state index in [1.165, 1.54) is 6.07 Å². The molecule has 1 fully saturated rings. The fourth-order valence-corrected chi connectivity index (χ4v) is 1.97. The highest BCUT2D eigenvalue weighted by Gasteiger charge is 2.14. The number of halogens is 1. The fourth-order valence-electron chi connectivity index (χ4n) is 1.97. The van der Waals surface area contributed by atoms with Crippen molar-refractivity contribution >= 4 is 5.69 Å². The molecule has 0 aliphatic carbocycles. The summed E-state index contributed by atoms with van der Waals surface area (Å²) in [4.78, 5) is 2.20. The van der Waals surface area contributed by atoms with Crippen molar-refractivity contribution in [2.45, 2.75) is 13.0 Å². The van der Waals surface area contributed by atoms with E-state index in [-0.39, 0.29) is 5.82 Å². The van der Waals surface area contributed by atoms with E-state index in [4.69, 9.17) is 0 Å². The Kier molecular flexibility index (Phi) is 3.41. The number of piperazine rings is 1. The minimum Gasteiger partial charge on any atom is -0.389 e. The van der Waals surface area contributed by atoms with Crippen LogP contribution in [0.4, 0.5) is 10.1 Å². The molecule has 1 aromatic rings. The zero-order valence-corrected chi connectivity index (χ0v) is 9.41. The summed E-state index contributed by atoms with van der Waals surface area (Å²) in [6, 6.07) is 4.94. The number of benzene rings is 1. The Morgan fingerprint density at radius 2 is 2.06 bits per heavy atom. The molecule has 1 aromatic carbocycles. The highest BCUT2D eigenvalue weighted by molar-refractivity contribution is 5.49. The molecule has 1 aliphatic heterocycles. The molecule has 1 atom stereocenters. The second-order valence-electron chi connectivity index (χ2n) is 4.12. The number of nitrogens with one attached hydrogen (secondary N) is 1. The second kappa shape index (κ2) is 4.80. The van der Waals surface area contributed by atoms with Gasteiger partial charge in [0.15, 0.2) is 0 Å². The van der Waals surface area contributed by atoms with E-state index in [0.717, 1.165) is 31.9 Å². The zero-order chi connectivity index (χ0) is 11.5. The molecule has 0 aromatic heterocycles. The summed E-state index contributed by atoms with van der Waals surface area (Å²) in [5, 5.41) is 12.7. The van der Waals surface area contributed by atoms with E-state index >= 15 is 0 Å². The Balaban J connectivity index is 2.24. The van der Waals surface area contributed by atoms with Crippen LogP contribution in [0.15, 0.2) is 18.2 Å². The minimum atomic E-state index is -0.761. The first-order chi connectivity index (χ1) is 7.68. The van der Waals surface area contributed by atoms with Gasteiger partial charge in [0.25, 0.3) is 0 Å². The summed E-state index contributed by atoms with van der Waals surface area (Å²) in [5.41, 5.74) is 1.36. The molecule has 1 saturated heterocycles. The normalized spacial score (nSPS) is 18.6. The van der Waals surface area contributed by atoms with Gasteiger partial charge in [0.1, 0.15) is 5.82 Å². The molecule has 0 amide bonds. The summed E-state index contributed by atoms with van der Waals surface area (Å²) in [5.74, 6) is -0.339. The lowest BCUT2D eigenvalue weighted by molar-refractivity contribution is 0.194. The van der Waals surface area contributed by atoms with Gasteiger partial charge in [-0.1, -0.05) is 0 Å². The predicted molar refractivity (Wildman–Crippen MR) is 62.1 cm³/mol. The number of hydrogen-bond donors (Lipinski definition) is 2. The Labute approximate surface area is 94.9 Å². The van der Waals surface area contributed by atoms with Crippen molar-refractivity contribution in [3.63, 3.8) is 0 Å². The van der Waals surface area contributed by atoms with Crippen LogP contribution in [0.5, 0.6) is 0 Å². The highest BCUT2D eigenvalue weighted by Crippen LogP contribution is 2.23. The van der Waals surface area contributed by atoms with Crippen molar-refractivity contribution < 1.29 is 9.50 Å². The van der Waals surface area contributed by atoms with Crippen LogP contribution in [0, 0.1) is 5.82 Å². The van der Waals surface area contributed by atoms with Crippen LogP contribution >= 0.6 is 0 Å². The number of nitrogens with zero attached hydrogens (tertiary/aromatic N) is 1. The molecule has 0 spiro atoms. The van der Waals surface area contributed by atoms with Crippen molar-refractivity contribution in [1.29, 1.82) is 0 Å². The zero-order valence-electron chi connectivity index (χ0n) is 9.41.